The summed E-state index contributed by atoms with van der Waals surface area (Å²) in [5.41, 5.74) is 5.28. The normalized spacial score (nSPS) is 13.3. The first-order valence-corrected chi connectivity index (χ1v) is 8.25. The van der Waals surface area contributed by atoms with E-state index in [2.05, 4.69) is 11.4 Å². The molecule has 124 valence electrons. The van der Waals surface area contributed by atoms with Crippen LogP contribution < -0.4 is 5.32 Å². The summed E-state index contributed by atoms with van der Waals surface area (Å²) in [6, 6.07) is 14.0. The van der Waals surface area contributed by atoms with E-state index < -0.39 is 0 Å². The molecule has 2 aromatic rings. The molecule has 1 aliphatic heterocycles. The van der Waals surface area contributed by atoms with Crippen LogP contribution in [0.5, 0.6) is 0 Å². The minimum absolute atomic E-state index is 0.115. The molecule has 2 amide bonds. The standard InChI is InChI=1S/C20H22N2O2/c1-14-6-5-7-15(2)20(14)21-18(23)12-19(24)22-11-10-16-8-3-4-9-17(16)13-22/h3-9H,10-13H2,1-2H3,(H,21,23). The van der Waals surface area contributed by atoms with E-state index in [0.29, 0.717) is 13.1 Å². The van der Waals surface area contributed by atoms with Gasteiger partial charge in [-0.2, -0.15) is 0 Å². The van der Waals surface area contributed by atoms with Crippen LogP contribution in [0, 0.1) is 13.8 Å². The fraction of sp³-hybridized carbons (Fsp3) is 0.300. The summed E-state index contributed by atoms with van der Waals surface area (Å²) in [5, 5.41) is 2.88. The van der Waals surface area contributed by atoms with E-state index in [1.165, 1.54) is 11.1 Å². The number of para-hydroxylation sites is 1. The second kappa shape index (κ2) is 6.87. The topological polar surface area (TPSA) is 49.4 Å². The average Bonchev–Trinajstić information content (AvgIpc) is 2.58. The number of benzene rings is 2. The Morgan fingerprint density at radius 3 is 2.38 bits per heavy atom. The van der Waals surface area contributed by atoms with Gasteiger partial charge in [0.05, 0.1) is 0 Å². The first kappa shape index (κ1) is 16.2. The molecule has 1 N–H and O–H groups in total. The van der Waals surface area contributed by atoms with E-state index in [-0.39, 0.29) is 18.2 Å². The minimum Gasteiger partial charge on any atom is -0.338 e. The Balaban J connectivity index is 1.62. The van der Waals surface area contributed by atoms with Crippen molar-refractivity contribution >= 4 is 17.5 Å². The molecular formula is C20H22N2O2. The zero-order valence-electron chi connectivity index (χ0n) is 14.1. The van der Waals surface area contributed by atoms with Crippen molar-refractivity contribution < 1.29 is 9.59 Å². The summed E-state index contributed by atoms with van der Waals surface area (Å²) < 4.78 is 0. The Labute approximate surface area is 142 Å². The molecule has 3 rings (SSSR count). The van der Waals surface area contributed by atoms with Gasteiger partial charge in [0.15, 0.2) is 0 Å². The molecule has 24 heavy (non-hydrogen) atoms. The maximum absolute atomic E-state index is 12.4. The first-order chi connectivity index (χ1) is 11.5. The monoisotopic (exact) mass is 322 g/mol. The Kier molecular flexibility index (Phi) is 4.65. The van der Waals surface area contributed by atoms with Gasteiger partial charge >= 0.3 is 0 Å². The second-order valence-electron chi connectivity index (χ2n) is 6.33. The van der Waals surface area contributed by atoms with Crippen molar-refractivity contribution in [2.45, 2.75) is 33.2 Å². The zero-order valence-corrected chi connectivity index (χ0v) is 14.1. The molecule has 0 unspecified atom stereocenters. The van der Waals surface area contributed by atoms with Crippen molar-refractivity contribution in [1.82, 2.24) is 4.90 Å². The lowest BCUT2D eigenvalue weighted by molar-refractivity contribution is -0.135. The summed E-state index contributed by atoms with van der Waals surface area (Å²) >= 11 is 0. The van der Waals surface area contributed by atoms with Crippen LogP contribution in [0.25, 0.3) is 0 Å². The molecule has 0 radical (unpaired) electrons. The van der Waals surface area contributed by atoms with Crippen LogP contribution in [0.15, 0.2) is 42.5 Å². The highest BCUT2D eigenvalue weighted by Crippen LogP contribution is 2.21. The highest BCUT2D eigenvalue weighted by Gasteiger charge is 2.22. The molecule has 0 aromatic heterocycles. The van der Waals surface area contributed by atoms with E-state index >= 15 is 0 Å². The van der Waals surface area contributed by atoms with Crippen molar-refractivity contribution in [3.63, 3.8) is 0 Å². The van der Waals surface area contributed by atoms with Crippen molar-refractivity contribution in [2.75, 3.05) is 11.9 Å². The van der Waals surface area contributed by atoms with Crippen molar-refractivity contribution in [2.24, 2.45) is 0 Å². The maximum atomic E-state index is 12.4. The van der Waals surface area contributed by atoms with Gasteiger partial charge in [-0.25, -0.2) is 0 Å². The number of aryl methyl sites for hydroxylation is 2. The van der Waals surface area contributed by atoms with E-state index in [1.54, 1.807) is 4.90 Å². The smallest absolute Gasteiger partial charge is 0.233 e. The summed E-state index contributed by atoms with van der Waals surface area (Å²) in [4.78, 5) is 26.5. The number of rotatable bonds is 3. The number of hydrogen-bond acceptors (Lipinski definition) is 2. The lowest BCUT2D eigenvalue weighted by Gasteiger charge is -2.28. The number of carbonyl (C=O) groups excluding carboxylic acids is 2. The van der Waals surface area contributed by atoms with Crippen LogP contribution in [0.3, 0.4) is 0 Å². The van der Waals surface area contributed by atoms with Crippen molar-refractivity contribution in [3.8, 4) is 0 Å². The predicted octanol–water partition coefficient (Wildman–Crippen LogP) is 3.22. The van der Waals surface area contributed by atoms with Crippen LogP contribution in [0.4, 0.5) is 5.69 Å². The van der Waals surface area contributed by atoms with Crippen molar-refractivity contribution in [3.05, 3.63) is 64.7 Å². The van der Waals surface area contributed by atoms with Gasteiger partial charge in [0, 0.05) is 18.8 Å². The zero-order chi connectivity index (χ0) is 17.1. The molecule has 0 saturated carbocycles. The maximum Gasteiger partial charge on any atom is 0.233 e. The molecule has 0 fully saturated rings. The largest absolute Gasteiger partial charge is 0.338 e. The van der Waals surface area contributed by atoms with Gasteiger partial charge in [0.2, 0.25) is 11.8 Å². The van der Waals surface area contributed by atoms with E-state index in [4.69, 9.17) is 0 Å². The molecule has 2 aromatic carbocycles. The van der Waals surface area contributed by atoms with Gasteiger partial charge in [0.25, 0.3) is 0 Å². The van der Waals surface area contributed by atoms with Gasteiger partial charge < -0.3 is 10.2 Å². The molecule has 0 spiro atoms. The van der Waals surface area contributed by atoms with Gasteiger partial charge in [-0.15, -0.1) is 0 Å². The number of nitrogens with zero attached hydrogens (tertiary/aromatic N) is 1. The summed E-state index contributed by atoms with van der Waals surface area (Å²) in [7, 11) is 0. The van der Waals surface area contributed by atoms with Gasteiger partial charge in [0.1, 0.15) is 6.42 Å². The van der Waals surface area contributed by atoms with Crippen LogP contribution in [0.1, 0.15) is 28.7 Å². The molecule has 0 atom stereocenters. The van der Waals surface area contributed by atoms with Gasteiger partial charge in [-0.05, 0) is 42.5 Å². The highest BCUT2D eigenvalue weighted by atomic mass is 16.2. The number of amides is 2. The Morgan fingerprint density at radius 2 is 1.67 bits per heavy atom. The van der Waals surface area contributed by atoms with Crippen molar-refractivity contribution in [1.29, 1.82) is 0 Å². The Bertz CT molecular complexity index is 763. The minimum atomic E-state index is -0.253. The lowest BCUT2D eigenvalue weighted by atomic mass is 10.00. The molecule has 1 aliphatic rings. The Morgan fingerprint density at radius 1 is 1.00 bits per heavy atom. The van der Waals surface area contributed by atoms with Gasteiger partial charge in [-0.3, -0.25) is 9.59 Å². The van der Waals surface area contributed by atoms with Crippen LogP contribution in [-0.2, 0) is 22.6 Å². The number of hydrogen-bond donors (Lipinski definition) is 1. The third-order valence-corrected chi connectivity index (χ3v) is 4.54. The number of carbonyl (C=O) groups is 2. The molecule has 1 heterocycles. The van der Waals surface area contributed by atoms with Crippen LogP contribution >= 0.6 is 0 Å². The fourth-order valence-corrected chi connectivity index (χ4v) is 3.15. The summed E-state index contributed by atoms with van der Waals surface area (Å²) in [6.45, 7) is 5.16. The third-order valence-electron chi connectivity index (χ3n) is 4.54. The summed E-state index contributed by atoms with van der Waals surface area (Å²) in [5.74, 6) is -0.371. The molecule has 0 aliphatic carbocycles. The van der Waals surface area contributed by atoms with Gasteiger partial charge in [-0.1, -0.05) is 42.5 Å². The lowest BCUT2D eigenvalue weighted by Crippen LogP contribution is -2.37. The van der Waals surface area contributed by atoms with E-state index in [0.717, 1.165) is 23.2 Å². The number of anilines is 1. The van der Waals surface area contributed by atoms with Crippen LogP contribution in [-0.4, -0.2) is 23.3 Å². The first-order valence-electron chi connectivity index (χ1n) is 8.25. The number of fused-ring (bicyclic) bond motifs is 1. The molecular weight excluding hydrogens is 300 g/mol. The summed E-state index contributed by atoms with van der Waals surface area (Å²) in [6.07, 6.45) is 0.733. The quantitative estimate of drug-likeness (QED) is 0.882. The van der Waals surface area contributed by atoms with E-state index in [9.17, 15) is 9.59 Å². The van der Waals surface area contributed by atoms with Crippen LogP contribution in [0.2, 0.25) is 0 Å². The number of nitrogens with one attached hydrogen (secondary N) is 1. The second-order valence-corrected chi connectivity index (χ2v) is 6.33. The predicted molar refractivity (Wildman–Crippen MR) is 94.7 cm³/mol. The SMILES string of the molecule is Cc1cccc(C)c1NC(=O)CC(=O)N1CCc2ccccc2C1. The molecule has 0 bridgehead atoms. The highest BCUT2D eigenvalue weighted by molar-refractivity contribution is 6.04. The Hall–Kier alpha value is -2.62. The average molecular weight is 322 g/mol. The third kappa shape index (κ3) is 3.48. The van der Waals surface area contributed by atoms with E-state index in [1.807, 2.05) is 50.2 Å². The molecule has 4 heteroatoms. The fourth-order valence-electron chi connectivity index (χ4n) is 3.15. The molecule has 0 saturated heterocycles. The molecule has 4 nitrogen and oxygen atoms in total.